The van der Waals surface area contributed by atoms with Gasteiger partial charge in [0.25, 0.3) is 0 Å². The quantitative estimate of drug-likeness (QED) is 0.879. The van der Waals surface area contributed by atoms with E-state index in [1.807, 2.05) is 12.1 Å². The Morgan fingerprint density at radius 3 is 2.56 bits per heavy atom. The van der Waals surface area contributed by atoms with Gasteiger partial charge in [-0.2, -0.15) is 0 Å². The maximum Gasteiger partial charge on any atom is 0.310 e. The highest BCUT2D eigenvalue weighted by Gasteiger charge is 2.20. The smallest absolute Gasteiger partial charge is 0.310 e. The third-order valence-electron chi connectivity index (χ3n) is 3.94. The minimum atomic E-state index is -0.771. The number of hydrogen-bond acceptors (Lipinski definition) is 1. The Bertz CT molecular complexity index is 436. The van der Waals surface area contributed by atoms with Crippen molar-refractivity contribution in [2.75, 3.05) is 0 Å². The van der Waals surface area contributed by atoms with E-state index in [0.29, 0.717) is 5.92 Å². The summed E-state index contributed by atoms with van der Waals surface area (Å²) in [5.41, 5.74) is 2.21. The minimum Gasteiger partial charge on any atom is -0.481 e. The maximum absolute atomic E-state index is 11.0. The molecule has 1 atom stereocenters. The van der Waals surface area contributed by atoms with Gasteiger partial charge in [0.05, 0.1) is 5.92 Å². The van der Waals surface area contributed by atoms with Gasteiger partial charge in [0, 0.05) is 4.47 Å². The average Bonchev–Trinajstić information content (AvgIpc) is 2.38. The second kappa shape index (κ2) is 5.87. The van der Waals surface area contributed by atoms with Gasteiger partial charge in [-0.05, 0) is 42.9 Å². The Morgan fingerprint density at radius 2 is 2.00 bits per heavy atom. The highest BCUT2D eigenvalue weighted by atomic mass is 79.9. The lowest BCUT2D eigenvalue weighted by Gasteiger charge is -2.23. The zero-order valence-corrected chi connectivity index (χ0v) is 12.2. The Balaban J connectivity index is 2.21. The third kappa shape index (κ3) is 2.94. The molecule has 0 aliphatic heterocycles. The Kier molecular flexibility index (Phi) is 4.44. The predicted molar refractivity (Wildman–Crippen MR) is 76.0 cm³/mol. The van der Waals surface area contributed by atoms with Gasteiger partial charge in [0.1, 0.15) is 0 Å². The molecule has 98 valence electrons. The second-order valence-corrected chi connectivity index (χ2v) is 6.03. The molecule has 2 nitrogen and oxygen atoms in total. The molecule has 0 heterocycles. The van der Waals surface area contributed by atoms with Gasteiger partial charge in [-0.3, -0.25) is 4.79 Å². The van der Waals surface area contributed by atoms with E-state index in [1.165, 1.54) is 37.7 Å². The van der Waals surface area contributed by atoms with Crippen molar-refractivity contribution in [3.8, 4) is 0 Å². The summed E-state index contributed by atoms with van der Waals surface area (Å²) in [5.74, 6) is -0.573. The van der Waals surface area contributed by atoms with Crippen LogP contribution in [0.2, 0.25) is 0 Å². The fraction of sp³-hybridized carbons (Fsp3) is 0.533. The summed E-state index contributed by atoms with van der Waals surface area (Å²) in [4.78, 5) is 11.0. The number of benzene rings is 1. The largest absolute Gasteiger partial charge is 0.481 e. The predicted octanol–water partition coefficient (Wildman–Crippen LogP) is 4.68. The highest BCUT2D eigenvalue weighted by molar-refractivity contribution is 9.10. The molecule has 1 saturated carbocycles. The molecular formula is C15H19BrO2. The molecule has 0 saturated heterocycles. The van der Waals surface area contributed by atoms with Crippen LogP contribution in [0.5, 0.6) is 0 Å². The molecule has 1 aromatic rings. The number of halogens is 1. The van der Waals surface area contributed by atoms with Gasteiger partial charge in [0.15, 0.2) is 0 Å². The molecule has 18 heavy (non-hydrogen) atoms. The summed E-state index contributed by atoms with van der Waals surface area (Å²) in [6, 6.07) is 6.05. The van der Waals surface area contributed by atoms with Gasteiger partial charge in [-0.15, -0.1) is 0 Å². The SMILES string of the molecule is CC(C(=O)O)c1ccc(C2CCCCC2)c(Br)c1. The van der Waals surface area contributed by atoms with Crippen molar-refractivity contribution in [3.63, 3.8) is 0 Å². The van der Waals surface area contributed by atoms with Crippen molar-refractivity contribution < 1.29 is 9.90 Å². The molecule has 1 N–H and O–H groups in total. The van der Waals surface area contributed by atoms with Crippen LogP contribution in [-0.2, 0) is 4.79 Å². The number of carboxylic acids is 1. The van der Waals surface area contributed by atoms with Crippen LogP contribution in [0.4, 0.5) is 0 Å². The molecule has 0 spiro atoms. The molecule has 1 aliphatic rings. The van der Waals surface area contributed by atoms with Crippen molar-refractivity contribution in [3.05, 3.63) is 33.8 Å². The van der Waals surface area contributed by atoms with E-state index < -0.39 is 11.9 Å². The molecule has 2 rings (SSSR count). The van der Waals surface area contributed by atoms with E-state index >= 15 is 0 Å². The Labute approximate surface area is 117 Å². The molecule has 1 fully saturated rings. The van der Waals surface area contributed by atoms with Gasteiger partial charge < -0.3 is 5.11 Å². The zero-order chi connectivity index (χ0) is 13.1. The number of carbonyl (C=O) groups is 1. The van der Waals surface area contributed by atoms with E-state index in [2.05, 4.69) is 22.0 Å². The maximum atomic E-state index is 11.0. The Morgan fingerprint density at radius 1 is 1.33 bits per heavy atom. The van der Waals surface area contributed by atoms with Crippen LogP contribution in [0.1, 0.15) is 62.0 Å². The van der Waals surface area contributed by atoms with Crippen molar-refractivity contribution in [1.29, 1.82) is 0 Å². The zero-order valence-electron chi connectivity index (χ0n) is 10.7. The van der Waals surface area contributed by atoms with Crippen molar-refractivity contribution >= 4 is 21.9 Å². The summed E-state index contributed by atoms with van der Waals surface area (Å²) in [5, 5.41) is 9.03. The first-order valence-electron chi connectivity index (χ1n) is 6.61. The van der Waals surface area contributed by atoms with E-state index in [4.69, 9.17) is 5.11 Å². The first kappa shape index (κ1) is 13.6. The number of carboxylic acid groups (broad SMARTS) is 1. The second-order valence-electron chi connectivity index (χ2n) is 5.18. The summed E-state index contributed by atoms with van der Waals surface area (Å²) in [6.45, 7) is 1.73. The molecule has 1 unspecified atom stereocenters. The first-order chi connectivity index (χ1) is 8.59. The number of aliphatic carboxylic acids is 1. The topological polar surface area (TPSA) is 37.3 Å². The van der Waals surface area contributed by atoms with Crippen LogP contribution in [0, 0.1) is 0 Å². The van der Waals surface area contributed by atoms with E-state index in [-0.39, 0.29) is 0 Å². The first-order valence-corrected chi connectivity index (χ1v) is 7.41. The van der Waals surface area contributed by atoms with Crippen molar-refractivity contribution in [2.24, 2.45) is 0 Å². The van der Waals surface area contributed by atoms with Crippen LogP contribution < -0.4 is 0 Å². The molecule has 0 bridgehead atoms. The van der Waals surface area contributed by atoms with Gasteiger partial charge in [-0.25, -0.2) is 0 Å². The standard InChI is InChI=1S/C15H19BrO2/c1-10(15(17)18)12-7-8-13(14(16)9-12)11-5-3-2-4-6-11/h7-11H,2-6H2,1H3,(H,17,18). The van der Waals surface area contributed by atoms with Crippen LogP contribution in [0.25, 0.3) is 0 Å². The van der Waals surface area contributed by atoms with Crippen LogP contribution in [0.15, 0.2) is 22.7 Å². The summed E-state index contributed by atoms with van der Waals surface area (Å²) in [7, 11) is 0. The van der Waals surface area contributed by atoms with Crippen LogP contribution in [0.3, 0.4) is 0 Å². The number of rotatable bonds is 3. The summed E-state index contributed by atoms with van der Waals surface area (Å²) in [6.07, 6.45) is 6.48. The van der Waals surface area contributed by atoms with E-state index in [1.54, 1.807) is 6.92 Å². The third-order valence-corrected chi connectivity index (χ3v) is 4.63. The van der Waals surface area contributed by atoms with Crippen molar-refractivity contribution in [2.45, 2.75) is 50.9 Å². The number of hydrogen-bond donors (Lipinski definition) is 1. The molecule has 1 aromatic carbocycles. The molecule has 0 radical (unpaired) electrons. The monoisotopic (exact) mass is 310 g/mol. The summed E-state index contributed by atoms with van der Waals surface area (Å²) >= 11 is 3.61. The van der Waals surface area contributed by atoms with Crippen LogP contribution >= 0.6 is 15.9 Å². The van der Waals surface area contributed by atoms with Crippen LogP contribution in [-0.4, -0.2) is 11.1 Å². The fourth-order valence-corrected chi connectivity index (χ4v) is 3.42. The van der Waals surface area contributed by atoms with Gasteiger partial charge in [0.2, 0.25) is 0 Å². The van der Waals surface area contributed by atoms with Gasteiger partial charge >= 0.3 is 5.97 Å². The Hall–Kier alpha value is -0.830. The molecular weight excluding hydrogens is 292 g/mol. The summed E-state index contributed by atoms with van der Waals surface area (Å²) < 4.78 is 1.07. The lowest BCUT2D eigenvalue weighted by atomic mass is 9.83. The average molecular weight is 311 g/mol. The molecule has 0 amide bonds. The minimum absolute atomic E-state index is 0.443. The molecule has 1 aliphatic carbocycles. The molecule has 3 heteroatoms. The lowest BCUT2D eigenvalue weighted by Crippen LogP contribution is -2.09. The van der Waals surface area contributed by atoms with Gasteiger partial charge in [-0.1, -0.05) is 47.3 Å². The lowest BCUT2D eigenvalue weighted by molar-refractivity contribution is -0.138. The normalized spacial score (nSPS) is 18.6. The van der Waals surface area contributed by atoms with Crippen molar-refractivity contribution in [1.82, 2.24) is 0 Å². The van der Waals surface area contributed by atoms with E-state index in [0.717, 1.165) is 10.0 Å². The van der Waals surface area contributed by atoms with E-state index in [9.17, 15) is 4.79 Å². The fourth-order valence-electron chi connectivity index (χ4n) is 2.70. The highest BCUT2D eigenvalue weighted by Crippen LogP contribution is 2.37. The molecule has 0 aromatic heterocycles.